The van der Waals surface area contributed by atoms with Gasteiger partial charge in [-0.15, -0.1) is 0 Å². The quantitative estimate of drug-likeness (QED) is 0.752. The second-order valence-electron chi connectivity index (χ2n) is 6.09. The Kier molecular flexibility index (Phi) is 5.37. The van der Waals surface area contributed by atoms with Crippen molar-refractivity contribution in [1.82, 2.24) is 30.1 Å². The molecule has 1 aliphatic heterocycles. The summed E-state index contributed by atoms with van der Waals surface area (Å²) in [7, 11) is 0. The Morgan fingerprint density at radius 3 is 3.17 bits per heavy atom. The number of nitrogens with zero attached hydrogens (tertiary/aromatic N) is 5. The van der Waals surface area contributed by atoms with Gasteiger partial charge >= 0.3 is 0 Å². The molecule has 0 radical (unpaired) electrons. The van der Waals surface area contributed by atoms with Gasteiger partial charge < -0.3 is 14.9 Å². The lowest BCUT2D eigenvalue weighted by Gasteiger charge is -2.32. The predicted molar refractivity (Wildman–Crippen MR) is 83.6 cm³/mol. The molecule has 3 rings (SSSR count). The molecule has 23 heavy (non-hydrogen) atoms. The fourth-order valence-corrected chi connectivity index (χ4v) is 2.96. The average molecular weight is 320 g/mol. The minimum Gasteiger partial charge on any atom is -0.390 e. The van der Waals surface area contributed by atoms with Gasteiger partial charge in [0.2, 0.25) is 5.89 Å². The fourth-order valence-electron chi connectivity index (χ4n) is 2.96. The maximum atomic E-state index is 10.1. The maximum Gasteiger partial charge on any atom is 0.223 e. The Labute approximate surface area is 135 Å². The minimum absolute atomic E-state index is 0.379. The van der Waals surface area contributed by atoms with Crippen LogP contribution in [-0.4, -0.2) is 61.7 Å². The molecule has 1 saturated heterocycles. The van der Waals surface area contributed by atoms with Crippen LogP contribution >= 0.6 is 0 Å². The molecule has 0 aliphatic carbocycles. The minimum atomic E-state index is -0.440. The first-order valence-corrected chi connectivity index (χ1v) is 8.09. The first-order valence-electron chi connectivity index (χ1n) is 8.09. The van der Waals surface area contributed by atoms with E-state index in [1.807, 2.05) is 12.3 Å². The lowest BCUT2D eigenvalue weighted by Crippen LogP contribution is -2.47. The van der Waals surface area contributed by atoms with Crippen molar-refractivity contribution < 1.29 is 9.63 Å². The standard InChI is InChI=1S/C15H24N6O2/c1-12-18-15(19-23-12)11-20-6-2-4-13(9-20)16-8-14(22)10-21-7-3-5-17-21/h3,5,7,13-14,16,22H,2,4,6,8-11H2,1H3. The number of likely N-dealkylation sites (tertiary alicyclic amines) is 1. The van der Waals surface area contributed by atoms with Gasteiger partial charge in [-0.1, -0.05) is 5.16 Å². The number of aryl methyl sites for hydroxylation is 1. The van der Waals surface area contributed by atoms with Crippen LogP contribution in [0.15, 0.2) is 23.0 Å². The van der Waals surface area contributed by atoms with Crippen LogP contribution in [0.1, 0.15) is 24.6 Å². The van der Waals surface area contributed by atoms with Crippen LogP contribution in [0, 0.1) is 6.92 Å². The molecule has 2 unspecified atom stereocenters. The van der Waals surface area contributed by atoms with Gasteiger partial charge in [-0.25, -0.2) is 0 Å². The first-order chi connectivity index (χ1) is 11.2. The summed E-state index contributed by atoms with van der Waals surface area (Å²) in [5.74, 6) is 1.34. The molecule has 2 aromatic heterocycles. The summed E-state index contributed by atoms with van der Waals surface area (Å²) in [6, 6.07) is 2.24. The summed E-state index contributed by atoms with van der Waals surface area (Å²) in [5.41, 5.74) is 0. The van der Waals surface area contributed by atoms with Crippen molar-refractivity contribution in [1.29, 1.82) is 0 Å². The lowest BCUT2D eigenvalue weighted by atomic mass is 10.1. The summed E-state index contributed by atoms with van der Waals surface area (Å²) >= 11 is 0. The van der Waals surface area contributed by atoms with Gasteiger partial charge in [0.05, 0.1) is 19.2 Å². The number of piperidine rings is 1. The van der Waals surface area contributed by atoms with Gasteiger partial charge in [0.15, 0.2) is 5.82 Å². The molecule has 1 fully saturated rings. The number of hydrogen-bond donors (Lipinski definition) is 2. The summed E-state index contributed by atoms with van der Waals surface area (Å²) < 4.78 is 6.77. The summed E-state index contributed by atoms with van der Waals surface area (Å²) in [5, 5.41) is 21.6. The van der Waals surface area contributed by atoms with E-state index in [-0.39, 0.29) is 0 Å². The van der Waals surface area contributed by atoms with Crippen molar-refractivity contribution in [3.05, 3.63) is 30.2 Å². The van der Waals surface area contributed by atoms with Crippen molar-refractivity contribution in [2.24, 2.45) is 0 Å². The molecular weight excluding hydrogens is 296 g/mol. The highest BCUT2D eigenvalue weighted by molar-refractivity contribution is 4.87. The highest BCUT2D eigenvalue weighted by atomic mass is 16.5. The smallest absolute Gasteiger partial charge is 0.223 e. The van der Waals surface area contributed by atoms with E-state index in [4.69, 9.17) is 4.52 Å². The second kappa shape index (κ2) is 7.67. The molecule has 8 nitrogen and oxygen atoms in total. The SMILES string of the molecule is Cc1nc(CN2CCCC(NCC(O)Cn3cccn3)C2)no1. The average Bonchev–Trinajstić information content (AvgIpc) is 3.18. The normalized spacial score (nSPS) is 20.7. The van der Waals surface area contributed by atoms with E-state index in [9.17, 15) is 5.11 Å². The number of rotatable bonds is 7. The van der Waals surface area contributed by atoms with Crippen LogP contribution in [0.3, 0.4) is 0 Å². The molecule has 0 amide bonds. The van der Waals surface area contributed by atoms with Crippen LogP contribution in [0.25, 0.3) is 0 Å². The molecule has 8 heteroatoms. The van der Waals surface area contributed by atoms with Gasteiger partial charge in [-0.05, 0) is 25.5 Å². The molecular formula is C15H24N6O2. The zero-order valence-electron chi connectivity index (χ0n) is 13.4. The van der Waals surface area contributed by atoms with E-state index in [2.05, 4.69) is 25.5 Å². The highest BCUT2D eigenvalue weighted by Gasteiger charge is 2.21. The van der Waals surface area contributed by atoms with Crippen LogP contribution in [0.4, 0.5) is 0 Å². The zero-order valence-corrected chi connectivity index (χ0v) is 13.4. The van der Waals surface area contributed by atoms with Crippen molar-refractivity contribution >= 4 is 0 Å². The van der Waals surface area contributed by atoms with E-state index < -0.39 is 6.10 Å². The molecule has 2 N–H and O–H groups in total. The van der Waals surface area contributed by atoms with E-state index in [0.29, 0.717) is 31.6 Å². The Balaban J connectivity index is 1.41. The summed E-state index contributed by atoms with van der Waals surface area (Å²) in [6.07, 6.45) is 5.39. The lowest BCUT2D eigenvalue weighted by molar-refractivity contribution is 0.126. The maximum absolute atomic E-state index is 10.1. The number of aromatic nitrogens is 4. The largest absolute Gasteiger partial charge is 0.390 e. The molecule has 0 bridgehead atoms. The van der Waals surface area contributed by atoms with Gasteiger partial charge in [0.25, 0.3) is 0 Å². The molecule has 2 aromatic rings. The van der Waals surface area contributed by atoms with E-state index in [1.54, 1.807) is 17.8 Å². The molecule has 0 spiro atoms. The first kappa shape index (κ1) is 16.1. The third-order valence-electron chi connectivity index (χ3n) is 4.04. The van der Waals surface area contributed by atoms with E-state index >= 15 is 0 Å². The number of hydrogen-bond acceptors (Lipinski definition) is 7. The van der Waals surface area contributed by atoms with E-state index in [0.717, 1.165) is 31.8 Å². The van der Waals surface area contributed by atoms with Crippen LogP contribution in [0.5, 0.6) is 0 Å². The summed E-state index contributed by atoms with van der Waals surface area (Å²) in [4.78, 5) is 6.58. The van der Waals surface area contributed by atoms with Crippen LogP contribution in [-0.2, 0) is 13.1 Å². The molecule has 126 valence electrons. The Morgan fingerprint density at radius 1 is 1.52 bits per heavy atom. The molecule has 0 aromatic carbocycles. The van der Waals surface area contributed by atoms with Gasteiger partial charge in [-0.3, -0.25) is 9.58 Å². The predicted octanol–water partition coefficient (Wildman–Crippen LogP) is 0.190. The van der Waals surface area contributed by atoms with Crippen molar-refractivity contribution in [2.45, 2.75) is 45.0 Å². The Morgan fingerprint density at radius 2 is 2.43 bits per heavy atom. The molecule has 2 atom stereocenters. The van der Waals surface area contributed by atoms with Crippen molar-refractivity contribution in [3.8, 4) is 0 Å². The Bertz CT molecular complexity index is 585. The van der Waals surface area contributed by atoms with Gasteiger partial charge in [-0.2, -0.15) is 10.1 Å². The third-order valence-corrected chi connectivity index (χ3v) is 4.04. The monoisotopic (exact) mass is 320 g/mol. The topological polar surface area (TPSA) is 92.2 Å². The second-order valence-corrected chi connectivity index (χ2v) is 6.09. The van der Waals surface area contributed by atoms with Crippen molar-refractivity contribution in [2.75, 3.05) is 19.6 Å². The summed E-state index contributed by atoms with van der Waals surface area (Å²) in [6.45, 7) is 5.57. The Hall–Kier alpha value is -1.77. The molecule has 0 saturated carbocycles. The molecule has 1 aliphatic rings. The zero-order chi connectivity index (χ0) is 16.1. The number of aliphatic hydroxyl groups excluding tert-OH is 1. The molecule has 3 heterocycles. The third kappa shape index (κ3) is 4.85. The van der Waals surface area contributed by atoms with Gasteiger partial charge in [0.1, 0.15) is 0 Å². The van der Waals surface area contributed by atoms with E-state index in [1.165, 1.54) is 0 Å². The van der Waals surface area contributed by atoms with Crippen LogP contribution < -0.4 is 5.32 Å². The highest BCUT2D eigenvalue weighted by Crippen LogP contribution is 2.12. The van der Waals surface area contributed by atoms with Crippen molar-refractivity contribution in [3.63, 3.8) is 0 Å². The fraction of sp³-hybridized carbons (Fsp3) is 0.667. The van der Waals surface area contributed by atoms with Crippen LogP contribution in [0.2, 0.25) is 0 Å². The number of nitrogens with one attached hydrogen (secondary N) is 1. The van der Waals surface area contributed by atoms with Gasteiger partial charge in [0, 0.05) is 38.4 Å². The number of aliphatic hydroxyl groups is 1.